The second kappa shape index (κ2) is 6.64. The molecule has 0 amide bonds. The Bertz CT molecular complexity index is 585. The second-order valence-electron chi connectivity index (χ2n) is 6.37. The molecule has 2 aliphatic rings. The normalized spacial score (nSPS) is 24.9. The van der Waals surface area contributed by atoms with Crippen LogP contribution < -0.4 is 0 Å². The van der Waals surface area contributed by atoms with Gasteiger partial charge in [-0.25, -0.2) is 0 Å². The Hall–Kier alpha value is -0.980. The molecule has 1 aliphatic carbocycles. The molecule has 1 aromatic heterocycles. The lowest BCUT2D eigenvalue weighted by Crippen LogP contribution is -2.46. The first-order chi connectivity index (χ1) is 10.6. The highest BCUT2D eigenvalue weighted by Crippen LogP contribution is 2.36. The Morgan fingerprint density at radius 3 is 2.45 bits per heavy atom. The molecule has 5 nitrogen and oxygen atoms in total. The molecule has 1 saturated carbocycles. The van der Waals surface area contributed by atoms with Gasteiger partial charge in [0.05, 0.1) is 6.04 Å². The standard InChI is InChI=1S/C16H25N3O2S/c1-18(15-6-3-2-4-7-15)22(20,21)19-13-5-8-16(19)14-9-11-17-12-10-14/h9-12,15-16H,2-8,13H2,1H3. The number of pyridine rings is 1. The molecule has 6 heteroatoms. The zero-order chi connectivity index (χ0) is 15.6. The molecule has 1 saturated heterocycles. The van der Waals surface area contributed by atoms with Crippen LogP contribution in [-0.2, 0) is 10.2 Å². The zero-order valence-corrected chi connectivity index (χ0v) is 14.0. The SMILES string of the molecule is CN(C1CCCCC1)S(=O)(=O)N1CCCC1c1ccncc1. The Morgan fingerprint density at radius 2 is 1.77 bits per heavy atom. The summed E-state index contributed by atoms with van der Waals surface area (Å²) in [6.07, 6.45) is 10.8. The van der Waals surface area contributed by atoms with Crippen LogP contribution in [0.4, 0.5) is 0 Å². The fourth-order valence-electron chi connectivity index (χ4n) is 3.73. The topological polar surface area (TPSA) is 53.5 Å². The highest BCUT2D eigenvalue weighted by atomic mass is 32.2. The lowest BCUT2D eigenvalue weighted by molar-refractivity contribution is 0.259. The predicted molar refractivity (Wildman–Crippen MR) is 86.5 cm³/mol. The van der Waals surface area contributed by atoms with Gasteiger partial charge in [-0.05, 0) is 43.4 Å². The number of hydrogen-bond donors (Lipinski definition) is 0. The minimum Gasteiger partial charge on any atom is -0.265 e. The first-order valence-corrected chi connectivity index (χ1v) is 9.65. The third-order valence-corrected chi connectivity index (χ3v) is 7.10. The summed E-state index contributed by atoms with van der Waals surface area (Å²) in [6, 6.07) is 3.98. The Kier molecular flexibility index (Phi) is 4.80. The van der Waals surface area contributed by atoms with Crippen molar-refractivity contribution in [2.75, 3.05) is 13.6 Å². The molecule has 1 aromatic rings. The van der Waals surface area contributed by atoms with Crippen molar-refractivity contribution < 1.29 is 8.42 Å². The summed E-state index contributed by atoms with van der Waals surface area (Å²) in [5.74, 6) is 0. The minimum absolute atomic E-state index is 0.0426. The van der Waals surface area contributed by atoms with Crippen LogP contribution >= 0.6 is 0 Å². The highest BCUT2D eigenvalue weighted by molar-refractivity contribution is 7.86. The fraction of sp³-hybridized carbons (Fsp3) is 0.688. The van der Waals surface area contributed by atoms with Gasteiger partial charge in [0.1, 0.15) is 0 Å². The van der Waals surface area contributed by atoms with Gasteiger partial charge in [-0.3, -0.25) is 4.98 Å². The van der Waals surface area contributed by atoms with Crippen molar-refractivity contribution in [3.63, 3.8) is 0 Å². The molecule has 22 heavy (non-hydrogen) atoms. The first kappa shape index (κ1) is 15.9. The van der Waals surface area contributed by atoms with E-state index in [-0.39, 0.29) is 12.1 Å². The highest BCUT2D eigenvalue weighted by Gasteiger charge is 2.39. The Morgan fingerprint density at radius 1 is 1.09 bits per heavy atom. The van der Waals surface area contributed by atoms with Crippen molar-refractivity contribution >= 4 is 10.2 Å². The summed E-state index contributed by atoms with van der Waals surface area (Å²) in [5, 5.41) is 0. The predicted octanol–water partition coefficient (Wildman–Crippen LogP) is 2.73. The lowest BCUT2D eigenvalue weighted by atomic mass is 9.96. The van der Waals surface area contributed by atoms with E-state index in [1.165, 1.54) is 6.42 Å². The van der Waals surface area contributed by atoms with Gasteiger partial charge in [-0.15, -0.1) is 0 Å². The van der Waals surface area contributed by atoms with E-state index in [0.717, 1.165) is 44.1 Å². The molecule has 1 aliphatic heterocycles. The maximum atomic E-state index is 13.1. The van der Waals surface area contributed by atoms with Gasteiger partial charge < -0.3 is 0 Å². The van der Waals surface area contributed by atoms with E-state index in [9.17, 15) is 8.42 Å². The third-order valence-electron chi connectivity index (χ3n) is 5.04. The quantitative estimate of drug-likeness (QED) is 0.856. The number of rotatable bonds is 4. The molecule has 1 atom stereocenters. The van der Waals surface area contributed by atoms with Crippen LogP contribution in [0.3, 0.4) is 0 Å². The summed E-state index contributed by atoms with van der Waals surface area (Å²) in [4.78, 5) is 4.03. The van der Waals surface area contributed by atoms with Crippen LogP contribution in [0.1, 0.15) is 56.6 Å². The maximum absolute atomic E-state index is 13.1. The average Bonchev–Trinajstić information content (AvgIpc) is 3.06. The smallest absolute Gasteiger partial charge is 0.265 e. The monoisotopic (exact) mass is 323 g/mol. The molecule has 1 unspecified atom stereocenters. The molecule has 0 aromatic carbocycles. The van der Waals surface area contributed by atoms with E-state index in [2.05, 4.69) is 4.98 Å². The third kappa shape index (κ3) is 3.05. The molecule has 0 spiro atoms. The van der Waals surface area contributed by atoms with Crippen LogP contribution in [0, 0.1) is 0 Å². The van der Waals surface area contributed by atoms with Crippen LogP contribution in [-0.4, -0.2) is 41.6 Å². The summed E-state index contributed by atoms with van der Waals surface area (Å²) >= 11 is 0. The van der Waals surface area contributed by atoms with E-state index in [1.807, 2.05) is 12.1 Å². The van der Waals surface area contributed by atoms with E-state index in [0.29, 0.717) is 6.54 Å². The molecule has 0 radical (unpaired) electrons. The summed E-state index contributed by atoms with van der Waals surface area (Å²) < 4.78 is 29.4. The van der Waals surface area contributed by atoms with Gasteiger partial charge in [0.15, 0.2) is 0 Å². The second-order valence-corrected chi connectivity index (χ2v) is 8.31. The average molecular weight is 323 g/mol. The summed E-state index contributed by atoms with van der Waals surface area (Å²) in [7, 11) is -1.63. The van der Waals surface area contributed by atoms with E-state index >= 15 is 0 Å². The summed E-state index contributed by atoms with van der Waals surface area (Å²) in [5.41, 5.74) is 1.05. The van der Waals surface area contributed by atoms with Crippen molar-refractivity contribution in [3.8, 4) is 0 Å². The molecule has 0 bridgehead atoms. The van der Waals surface area contributed by atoms with Crippen LogP contribution in [0.15, 0.2) is 24.5 Å². The van der Waals surface area contributed by atoms with Crippen LogP contribution in [0.25, 0.3) is 0 Å². The van der Waals surface area contributed by atoms with Gasteiger partial charge in [0.2, 0.25) is 0 Å². The van der Waals surface area contributed by atoms with Gasteiger partial charge in [-0.2, -0.15) is 17.0 Å². The largest absolute Gasteiger partial charge is 0.282 e. The van der Waals surface area contributed by atoms with Gasteiger partial charge in [0, 0.05) is 32.0 Å². The lowest BCUT2D eigenvalue weighted by Gasteiger charge is -2.35. The van der Waals surface area contributed by atoms with Gasteiger partial charge >= 0.3 is 0 Å². The van der Waals surface area contributed by atoms with Crippen molar-refractivity contribution in [1.29, 1.82) is 0 Å². The van der Waals surface area contributed by atoms with Crippen molar-refractivity contribution in [2.45, 2.75) is 57.0 Å². The fourth-order valence-corrected chi connectivity index (χ4v) is 5.56. The number of hydrogen-bond acceptors (Lipinski definition) is 3. The van der Waals surface area contributed by atoms with Crippen molar-refractivity contribution in [3.05, 3.63) is 30.1 Å². The Balaban J connectivity index is 1.81. The molecule has 122 valence electrons. The first-order valence-electron chi connectivity index (χ1n) is 8.25. The van der Waals surface area contributed by atoms with Gasteiger partial charge in [0.25, 0.3) is 10.2 Å². The van der Waals surface area contributed by atoms with E-state index in [1.54, 1.807) is 28.1 Å². The molecule has 0 N–H and O–H groups in total. The maximum Gasteiger partial charge on any atom is 0.282 e. The number of nitrogens with zero attached hydrogens (tertiary/aromatic N) is 3. The molecule has 3 rings (SSSR count). The van der Waals surface area contributed by atoms with Crippen molar-refractivity contribution in [1.82, 2.24) is 13.6 Å². The van der Waals surface area contributed by atoms with E-state index in [4.69, 9.17) is 0 Å². The van der Waals surface area contributed by atoms with Crippen LogP contribution in [0.2, 0.25) is 0 Å². The minimum atomic E-state index is -3.39. The molecule has 2 fully saturated rings. The van der Waals surface area contributed by atoms with Crippen molar-refractivity contribution in [2.24, 2.45) is 0 Å². The molecule has 2 heterocycles. The summed E-state index contributed by atoms with van der Waals surface area (Å²) in [6.45, 7) is 0.617. The van der Waals surface area contributed by atoms with E-state index < -0.39 is 10.2 Å². The van der Waals surface area contributed by atoms with Crippen LogP contribution in [0.5, 0.6) is 0 Å². The zero-order valence-electron chi connectivity index (χ0n) is 13.2. The number of aromatic nitrogens is 1. The molecular weight excluding hydrogens is 298 g/mol. The van der Waals surface area contributed by atoms with Gasteiger partial charge in [-0.1, -0.05) is 19.3 Å². The molecular formula is C16H25N3O2S. The Labute approximate surface area is 133 Å².